The van der Waals surface area contributed by atoms with Crippen molar-refractivity contribution in [2.45, 2.75) is 95.0 Å². The Balaban J connectivity index is 2.18. The van der Waals surface area contributed by atoms with Crippen LogP contribution in [0.2, 0.25) is 0 Å². The van der Waals surface area contributed by atoms with Gasteiger partial charge in [-0.2, -0.15) is 0 Å². The van der Waals surface area contributed by atoms with Gasteiger partial charge < -0.3 is 70.4 Å². The number of carbonyl (C=O) groups excluding carboxylic acids is 8. The molecule has 1 fully saturated rings. The second-order valence-corrected chi connectivity index (χ2v) is 14.0. The van der Waals surface area contributed by atoms with Crippen LogP contribution in [-0.2, 0) is 49.6 Å². The Morgan fingerprint density at radius 3 is 2.03 bits per heavy atom. The van der Waals surface area contributed by atoms with E-state index in [1.165, 1.54) is 29.2 Å². The van der Waals surface area contributed by atoms with Gasteiger partial charge in [0.25, 0.3) is 0 Å². The van der Waals surface area contributed by atoms with Gasteiger partial charge in [0.1, 0.15) is 36.0 Å². The van der Waals surface area contributed by atoms with E-state index < -0.39 is 115 Å². The minimum Gasteiger partial charge on any atom is -0.508 e. The van der Waals surface area contributed by atoms with E-state index in [0.29, 0.717) is 18.4 Å². The van der Waals surface area contributed by atoms with E-state index in [4.69, 9.17) is 28.7 Å². The normalized spacial score (nSPS) is 16.1. The fraction of sp³-hybridized carbons (Fsp3) is 0.543. The monoisotopic (exact) mass is 818 g/mol. The van der Waals surface area contributed by atoms with Crippen LogP contribution in [0.5, 0.6) is 5.75 Å². The topological polar surface area (TPSA) is 400 Å². The number of guanidine groups is 1. The average Bonchev–Trinajstić information content (AvgIpc) is 3.63. The van der Waals surface area contributed by atoms with Crippen LogP contribution in [0.1, 0.15) is 57.9 Å². The molecule has 0 saturated carbocycles. The molecule has 1 aliphatic heterocycles. The van der Waals surface area contributed by atoms with E-state index in [1.807, 2.05) is 0 Å². The molecule has 58 heavy (non-hydrogen) atoms. The SMILES string of the molecule is CC(C)[C@H](NC(=O)[C@H](CC(N)=O)NC(=O)[C@H](Cc1ccc(O)cc1)NC(=O)CNC(=O)[C@H](CC(=O)O)NC(=O)[C@@H]1CCCN1C(=O)[C@@H](N)CCCN=C(N)N)C(N)=O. The first-order chi connectivity index (χ1) is 27.2. The fourth-order valence-electron chi connectivity index (χ4n) is 5.93. The molecular formula is C35H54N12O11. The van der Waals surface area contributed by atoms with E-state index in [-0.39, 0.29) is 44.1 Å². The van der Waals surface area contributed by atoms with Gasteiger partial charge in [0.2, 0.25) is 47.3 Å². The second kappa shape index (κ2) is 22.9. The van der Waals surface area contributed by atoms with Crippen LogP contribution < -0.4 is 55.3 Å². The molecule has 0 spiro atoms. The highest BCUT2D eigenvalue weighted by Crippen LogP contribution is 2.20. The Morgan fingerprint density at radius 1 is 0.845 bits per heavy atom. The first kappa shape index (κ1) is 47.6. The summed E-state index contributed by atoms with van der Waals surface area (Å²) in [5.74, 6) is -9.37. The Morgan fingerprint density at radius 2 is 1.47 bits per heavy atom. The zero-order chi connectivity index (χ0) is 43.7. The number of phenolic OH excluding ortho intramolecular Hbond substituents is 1. The largest absolute Gasteiger partial charge is 0.508 e. The van der Waals surface area contributed by atoms with Crippen LogP contribution in [0.15, 0.2) is 29.3 Å². The lowest BCUT2D eigenvalue weighted by molar-refractivity contribution is -0.143. The van der Waals surface area contributed by atoms with Crippen molar-refractivity contribution in [1.82, 2.24) is 31.5 Å². The van der Waals surface area contributed by atoms with Crippen LogP contribution in [-0.4, -0.2) is 130 Å². The summed E-state index contributed by atoms with van der Waals surface area (Å²) in [6.07, 6.45) is -0.599. The number of carbonyl (C=O) groups is 9. The van der Waals surface area contributed by atoms with Gasteiger partial charge in [-0.25, -0.2) is 0 Å². The summed E-state index contributed by atoms with van der Waals surface area (Å²) in [6, 6.07) is -2.47. The maximum absolute atomic E-state index is 13.6. The zero-order valence-electron chi connectivity index (χ0n) is 32.3. The molecule has 1 saturated heterocycles. The molecule has 6 atom stereocenters. The van der Waals surface area contributed by atoms with Crippen LogP contribution in [0, 0.1) is 5.92 Å². The number of nitrogens with one attached hydrogen (secondary N) is 5. The van der Waals surface area contributed by atoms with E-state index >= 15 is 0 Å². The number of hydrogen-bond acceptors (Lipinski definition) is 12. The summed E-state index contributed by atoms with van der Waals surface area (Å²) in [5, 5.41) is 30.9. The van der Waals surface area contributed by atoms with Gasteiger partial charge in [-0.3, -0.25) is 48.1 Å². The van der Waals surface area contributed by atoms with Crippen molar-refractivity contribution < 1.29 is 53.4 Å². The van der Waals surface area contributed by atoms with Crippen LogP contribution in [0.4, 0.5) is 0 Å². The molecule has 1 aliphatic rings. The number of carboxylic acid groups (broad SMARTS) is 1. The molecule has 0 unspecified atom stereocenters. The number of likely N-dealkylation sites (tertiary alicyclic amines) is 1. The molecule has 1 heterocycles. The number of aliphatic carboxylic acids is 1. The van der Waals surface area contributed by atoms with Gasteiger partial charge >= 0.3 is 5.97 Å². The molecule has 2 rings (SSSR count). The maximum Gasteiger partial charge on any atom is 0.305 e. The molecule has 0 radical (unpaired) electrons. The van der Waals surface area contributed by atoms with Gasteiger partial charge in [-0.15, -0.1) is 0 Å². The number of benzene rings is 1. The number of hydrogen-bond donors (Lipinski definition) is 12. The molecule has 23 heteroatoms. The van der Waals surface area contributed by atoms with Crippen molar-refractivity contribution in [2.24, 2.45) is 39.6 Å². The molecule has 320 valence electrons. The van der Waals surface area contributed by atoms with Crippen LogP contribution in [0.3, 0.4) is 0 Å². The molecule has 0 bridgehead atoms. The number of rotatable bonds is 23. The Labute approximate surface area is 333 Å². The van der Waals surface area contributed by atoms with E-state index in [9.17, 15) is 53.4 Å². The van der Waals surface area contributed by atoms with Crippen molar-refractivity contribution in [2.75, 3.05) is 19.6 Å². The summed E-state index contributed by atoms with van der Waals surface area (Å²) >= 11 is 0. The third kappa shape index (κ3) is 15.9. The summed E-state index contributed by atoms with van der Waals surface area (Å²) in [5.41, 5.74) is 27.8. The Kier molecular flexibility index (Phi) is 18.8. The molecule has 0 aromatic heterocycles. The lowest BCUT2D eigenvalue weighted by Gasteiger charge is -2.28. The van der Waals surface area contributed by atoms with E-state index in [1.54, 1.807) is 13.8 Å². The fourth-order valence-corrected chi connectivity index (χ4v) is 5.93. The van der Waals surface area contributed by atoms with Crippen LogP contribution >= 0.6 is 0 Å². The van der Waals surface area contributed by atoms with Gasteiger partial charge in [-0.05, 0) is 49.3 Å². The molecule has 0 aliphatic carbocycles. The molecular weight excluding hydrogens is 764 g/mol. The molecule has 23 nitrogen and oxygen atoms in total. The summed E-state index contributed by atoms with van der Waals surface area (Å²) in [7, 11) is 0. The summed E-state index contributed by atoms with van der Waals surface area (Å²) in [6.45, 7) is 2.79. The number of nitrogens with zero attached hydrogens (tertiary/aromatic N) is 2. The molecule has 1 aromatic carbocycles. The number of nitrogens with two attached hydrogens (primary N) is 5. The molecule has 1 aromatic rings. The van der Waals surface area contributed by atoms with E-state index in [0.717, 1.165) is 0 Å². The first-order valence-corrected chi connectivity index (χ1v) is 18.4. The highest BCUT2D eigenvalue weighted by Gasteiger charge is 2.38. The lowest BCUT2D eigenvalue weighted by Crippen LogP contribution is -2.59. The quantitative estimate of drug-likeness (QED) is 0.0279. The summed E-state index contributed by atoms with van der Waals surface area (Å²) < 4.78 is 0. The highest BCUT2D eigenvalue weighted by atomic mass is 16.4. The number of primary amides is 2. The Hall–Kier alpha value is -6.52. The smallest absolute Gasteiger partial charge is 0.305 e. The minimum absolute atomic E-state index is 0.0985. The highest BCUT2D eigenvalue weighted by molar-refractivity contribution is 5.98. The van der Waals surface area contributed by atoms with Gasteiger partial charge in [-0.1, -0.05) is 26.0 Å². The third-order valence-corrected chi connectivity index (χ3v) is 8.90. The van der Waals surface area contributed by atoms with Gasteiger partial charge in [0, 0.05) is 19.5 Å². The standard InChI is InChI=1S/C35H54N12O11/c1-17(2)28(29(38)53)46-32(56)22(14-25(37)49)44-31(55)21(13-18-7-9-19(48)10-8-18)43-26(50)16-42-30(54)23(15-27(51)52)45-33(57)24-6-4-12-47(24)34(58)20(36)5-3-11-41-35(39)40/h7-10,17,20-24,28,48H,3-6,11-16,36H2,1-2H3,(H2,37,49)(H2,38,53)(H,42,54)(H,43,50)(H,44,55)(H,45,57)(H,46,56)(H,51,52)(H4,39,40,41)/t20-,21-,22-,23-,24-,28-/m0/s1. The summed E-state index contributed by atoms with van der Waals surface area (Å²) in [4.78, 5) is 120. The first-order valence-electron chi connectivity index (χ1n) is 18.4. The number of phenols is 1. The molecule has 8 amide bonds. The maximum atomic E-state index is 13.6. The zero-order valence-corrected chi connectivity index (χ0v) is 32.3. The third-order valence-electron chi connectivity index (χ3n) is 8.90. The minimum atomic E-state index is -1.69. The molecule has 17 N–H and O–H groups in total. The second-order valence-electron chi connectivity index (χ2n) is 14.0. The van der Waals surface area contributed by atoms with Crippen molar-refractivity contribution in [1.29, 1.82) is 0 Å². The van der Waals surface area contributed by atoms with Crippen molar-refractivity contribution in [3.8, 4) is 5.75 Å². The number of aliphatic imine (C=N–C) groups is 1. The van der Waals surface area contributed by atoms with Crippen molar-refractivity contribution in [3.63, 3.8) is 0 Å². The lowest BCUT2D eigenvalue weighted by atomic mass is 10.0. The van der Waals surface area contributed by atoms with E-state index in [2.05, 4.69) is 31.6 Å². The predicted octanol–water partition coefficient (Wildman–Crippen LogP) is -5.15. The Bertz CT molecular complexity index is 1700. The predicted molar refractivity (Wildman–Crippen MR) is 205 cm³/mol. The average molecular weight is 819 g/mol. The van der Waals surface area contributed by atoms with Crippen LogP contribution in [0.25, 0.3) is 0 Å². The number of amides is 8. The number of carboxylic acids is 1. The van der Waals surface area contributed by atoms with Gasteiger partial charge in [0.05, 0.1) is 25.4 Å². The van der Waals surface area contributed by atoms with Crippen molar-refractivity contribution >= 4 is 59.2 Å². The van der Waals surface area contributed by atoms with Crippen molar-refractivity contribution in [3.05, 3.63) is 29.8 Å². The number of aromatic hydroxyl groups is 1. The van der Waals surface area contributed by atoms with Gasteiger partial charge in [0.15, 0.2) is 5.96 Å².